The molecule has 0 unspecified atom stereocenters. The molecular weight excluding hydrogens is 360 g/mol. The van der Waals surface area contributed by atoms with Crippen LogP contribution in [0, 0.1) is 0 Å². The molecule has 2 N–H and O–H groups in total. The highest BCUT2D eigenvalue weighted by Crippen LogP contribution is 2.22. The van der Waals surface area contributed by atoms with E-state index >= 15 is 0 Å². The van der Waals surface area contributed by atoms with Gasteiger partial charge in [0.05, 0.1) is 17.3 Å². The molecule has 0 bridgehead atoms. The van der Waals surface area contributed by atoms with E-state index in [0.717, 1.165) is 0 Å². The van der Waals surface area contributed by atoms with Gasteiger partial charge in [0.2, 0.25) is 0 Å². The van der Waals surface area contributed by atoms with Crippen molar-refractivity contribution in [1.29, 1.82) is 0 Å². The molecule has 1 aromatic carbocycles. The van der Waals surface area contributed by atoms with E-state index in [1.165, 1.54) is 16.9 Å². The summed E-state index contributed by atoms with van der Waals surface area (Å²) in [5.74, 6) is -0.901. The van der Waals surface area contributed by atoms with E-state index < -0.39 is 17.1 Å². The number of carboxylic acid groups (broad SMARTS) is 1. The van der Waals surface area contributed by atoms with E-state index in [1.807, 2.05) is 20.8 Å². The van der Waals surface area contributed by atoms with E-state index in [0.29, 0.717) is 11.1 Å². The van der Waals surface area contributed by atoms with E-state index in [1.54, 1.807) is 12.1 Å². The first-order valence-corrected chi connectivity index (χ1v) is 8.40. The second-order valence-electron chi connectivity index (χ2n) is 6.77. The molecule has 0 spiro atoms. The maximum absolute atomic E-state index is 12.3. The molecule has 0 atom stereocenters. The Morgan fingerprint density at radius 3 is 2.62 bits per heavy atom. The number of hydrogen-bond donors (Lipinski definition) is 2. The molecule has 0 radical (unpaired) electrons. The number of aromatic carboxylic acids is 1. The lowest BCUT2D eigenvalue weighted by Gasteiger charge is -2.21. The zero-order valence-electron chi connectivity index (χ0n) is 14.8. The fraction of sp³-hybridized carbons (Fsp3) is 0.389. The molecule has 1 heterocycles. The Morgan fingerprint density at radius 2 is 2.04 bits per heavy atom. The van der Waals surface area contributed by atoms with Crippen LogP contribution in [0.15, 0.2) is 29.2 Å². The van der Waals surface area contributed by atoms with Crippen molar-refractivity contribution < 1.29 is 19.7 Å². The van der Waals surface area contributed by atoms with Gasteiger partial charge >= 0.3 is 5.97 Å². The summed E-state index contributed by atoms with van der Waals surface area (Å²) in [6, 6.07) is 4.73. The fourth-order valence-corrected chi connectivity index (χ4v) is 2.61. The van der Waals surface area contributed by atoms with Crippen LogP contribution in [0.1, 0.15) is 42.3 Å². The number of halogens is 1. The van der Waals surface area contributed by atoms with Crippen molar-refractivity contribution in [2.45, 2.75) is 39.3 Å². The smallest absolute Gasteiger partial charge is 0.335 e. The molecule has 0 aliphatic rings. The summed E-state index contributed by atoms with van der Waals surface area (Å²) in [7, 11) is 0. The van der Waals surface area contributed by atoms with Crippen molar-refractivity contribution >= 4 is 17.6 Å². The summed E-state index contributed by atoms with van der Waals surface area (Å²) in [4.78, 5) is 23.5. The lowest BCUT2D eigenvalue weighted by atomic mass is 10.0. The Bertz CT molecular complexity index is 871. The fourth-order valence-electron chi connectivity index (χ4n) is 2.43. The normalized spacial score (nSPS) is 11.4. The highest BCUT2D eigenvalue weighted by Gasteiger charge is 2.20. The van der Waals surface area contributed by atoms with Gasteiger partial charge < -0.3 is 14.9 Å². The van der Waals surface area contributed by atoms with Crippen LogP contribution in [0.3, 0.4) is 0 Å². The number of carbonyl (C=O) groups is 1. The minimum Gasteiger partial charge on any atom is -0.485 e. The summed E-state index contributed by atoms with van der Waals surface area (Å²) in [5, 5.41) is 22.3. The molecule has 0 saturated carbocycles. The largest absolute Gasteiger partial charge is 0.485 e. The van der Waals surface area contributed by atoms with Gasteiger partial charge in [-0.2, -0.15) is 5.10 Å². The quantitative estimate of drug-likeness (QED) is 0.798. The minimum absolute atomic E-state index is 0.0623. The number of ether oxygens (including phenoxy) is 1. The predicted molar refractivity (Wildman–Crippen MR) is 97.0 cm³/mol. The average Bonchev–Trinajstić information content (AvgIpc) is 2.55. The Hall–Kier alpha value is -2.38. The van der Waals surface area contributed by atoms with Gasteiger partial charge in [-0.15, -0.1) is 0 Å². The third-order valence-electron chi connectivity index (χ3n) is 3.70. The Morgan fingerprint density at radius 1 is 1.35 bits per heavy atom. The highest BCUT2D eigenvalue weighted by molar-refractivity contribution is 6.31. The summed E-state index contributed by atoms with van der Waals surface area (Å²) in [6.45, 7) is 5.44. The summed E-state index contributed by atoms with van der Waals surface area (Å²) < 4.78 is 6.87. The van der Waals surface area contributed by atoms with Gasteiger partial charge in [0.15, 0.2) is 10.8 Å². The Kier molecular flexibility index (Phi) is 6.05. The molecule has 8 heteroatoms. The minimum atomic E-state index is -1.06. The second-order valence-corrected chi connectivity index (χ2v) is 7.15. The molecule has 2 rings (SSSR count). The third-order valence-corrected chi connectivity index (χ3v) is 4.05. The van der Waals surface area contributed by atoms with Crippen LogP contribution in [0.4, 0.5) is 0 Å². The molecule has 0 fully saturated rings. The van der Waals surface area contributed by atoms with E-state index in [2.05, 4.69) is 5.10 Å². The number of aliphatic hydroxyl groups excluding tert-OH is 1. The topological polar surface area (TPSA) is 102 Å². The van der Waals surface area contributed by atoms with Gasteiger partial charge in [0.1, 0.15) is 6.61 Å². The van der Waals surface area contributed by atoms with Crippen molar-refractivity contribution in [3.63, 3.8) is 0 Å². The van der Waals surface area contributed by atoms with Crippen LogP contribution in [0.5, 0.6) is 5.75 Å². The van der Waals surface area contributed by atoms with Crippen molar-refractivity contribution in [2.75, 3.05) is 6.61 Å². The van der Waals surface area contributed by atoms with Crippen molar-refractivity contribution in [3.05, 3.63) is 56.5 Å². The van der Waals surface area contributed by atoms with Gasteiger partial charge in [-0.25, -0.2) is 9.48 Å². The average molecular weight is 381 g/mol. The van der Waals surface area contributed by atoms with Gasteiger partial charge in [0, 0.05) is 6.61 Å². The number of carboxylic acids is 1. The zero-order chi connectivity index (χ0) is 19.5. The SMILES string of the molecule is CC(C)(C)n1ncc(OCc2ccc(C(=O)O)c(CCO)c2)c(Cl)c1=O. The van der Waals surface area contributed by atoms with Crippen LogP contribution in [0.2, 0.25) is 5.02 Å². The Labute approximate surface area is 155 Å². The lowest BCUT2D eigenvalue weighted by Crippen LogP contribution is -2.36. The summed E-state index contributed by atoms with van der Waals surface area (Å²) in [6.07, 6.45) is 1.61. The molecule has 2 aromatic rings. The Balaban J connectivity index is 2.24. The van der Waals surface area contributed by atoms with E-state index in [4.69, 9.17) is 21.4 Å². The number of benzene rings is 1. The lowest BCUT2D eigenvalue weighted by molar-refractivity contribution is 0.0695. The summed E-state index contributed by atoms with van der Waals surface area (Å²) in [5.41, 5.74) is 0.377. The highest BCUT2D eigenvalue weighted by atomic mass is 35.5. The molecular formula is C18H21ClN2O5. The first-order valence-electron chi connectivity index (χ1n) is 8.02. The molecule has 0 saturated heterocycles. The first kappa shape index (κ1) is 19.9. The summed E-state index contributed by atoms with van der Waals surface area (Å²) >= 11 is 6.11. The van der Waals surface area contributed by atoms with Gasteiger partial charge in [-0.05, 0) is 44.4 Å². The molecule has 0 aliphatic heterocycles. The molecule has 0 aliphatic carbocycles. The first-order chi connectivity index (χ1) is 12.1. The molecule has 0 amide bonds. The predicted octanol–water partition coefficient (Wildman–Crippen LogP) is 2.46. The number of nitrogens with zero attached hydrogens (tertiary/aromatic N) is 2. The van der Waals surface area contributed by atoms with Gasteiger partial charge in [-0.1, -0.05) is 23.7 Å². The maximum Gasteiger partial charge on any atom is 0.335 e. The maximum atomic E-state index is 12.3. The number of aromatic nitrogens is 2. The van der Waals surface area contributed by atoms with Crippen molar-refractivity contribution in [1.82, 2.24) is 9.78 Å². The van der Waals surface area contributed by atoms with Crippen LogP contribution in [-0.4, -0.2) is 32.6 Å². The van der Waals surface area contributed by atoms with E-state index in [-0.39, 0.29) is 36.0 Å². The molecule has 1 aromatic heterocycles. The van der Waals surface area contributed by atoms with Gasteiger partial charge in [-0.3, -0.25) is 4.79 Å². The van der Waals surface area contributed by atoms with Crippen LogP contribution in [0.25, 0.3) is 0 Å². The van der Waals surface area contributed by atoms with Crippen molar-refractivity contribution in [3.8, 4) is 5.75 Å². The van der Waals surface area contributed by atoms with Crippen LogP contribution < -0.4 is 10.3 Å². The van der Waals surface area contributed by atoms with Crippen LogP contribution in [-0.2, 0) is 18.6 Å². The molecule has 7 nitrogen and oxygen atoms in total. The van der Waals surface area contributed by atoms with Crippen molar-refractivity contribution in [2.24, 2.45) is 0 Å². The molecule has 26 heavy (non-hydrogen) atoms. The molecule has 140 valence electrons. The second kappa shape index (κ2) is 7.88. The number of rotatable bonds is 6. The standard InChI is InChI=1S/C18H21ClN2O5/c1-18(2,3)21-16(23)15(19)14(9-20-21)26-10-11-4-5-13(17(24)25)12(8-11)6-7-22/h4-5,8-9,22H,6-7,10H2,1-3H3,(H,24,25). The monoisotopic (exact) mass is 380 g/mol. The number of aliphatic hydroxyl groups is 1. The van der Waals surface area contributed by atoms with Crippen LogP contribution >= 0.6 is 11.6 Å². The number of hydrogen-bond acceptors (Lipinski definition) is 5. The zero-order valence-corrected chi connectivity index (χ0v) is 15.6. The van der Waals surface area contributed by atoms with E-state index in [9.17, 15) is 14.7 Å². The van der Waals surface area contributed by atoms with Gasteiger partial charge in [0.25, 0.3) is 5.56 Å². The third kappa shape index (κ3) is 4.42.